The quantitative estimate of drug-likeness (QED) is 0.747. The van der Waals surface area contributed by atoms with Crippen molar-refractivity contribution in [1.82, 2.24) is 0 Å². The number of nitrogens with one attached hydrogen (secondary N) is 1. The second kappa shape index (κ2) is 7.90. The first-order chi connectivity index (χ1) is 11.0. The van der Waals surface area contributed by atoms with Gasteiger partial charge in [-0.1, -0.05) is 12.1 Å². The van der Waals surface area contributed by atoms with Crippen LogP contribution in [-0.2, 0) is 11.2 Å². The average Bonchev–Trinajstić information content (AvgIpc) is 2.51. The lowest BCUT2D eigenvalue weighted by atomic mass is 10.00. The molecule has 0 aromatic heterocycles. The molecule has 2 aromatic carbocycles. The molecule has 3 rings (SSSR count). The number of aryl methyl sites for hydroxylation is 1. The summed E-state index contributed by atoms with van der Waals surface area (Å²) in [5, 5.41) is 2.97. The van der Waals surface area contributed by atoms with Gasteiger partial charge in [0.15, 0.2) is 0 Å². The predicted octanol–water partition coefficient (Wildman–Crippen LogP) is 4.15. The molecule has 2 aromatic rings. The van der Waals surface area contributed by atoms with Gasteiger partial charge in [-0.05, 0) is 71.1 Å². The molecule has 0 unspecified atom stereocenters. The maximum Gasteiger partial charge on any atom is 0.243 e. The molecular weight excluding hydrogens is 390 g/mol. The van der Waals surface area contributed by atoms with Crippen molar-refractivity contribution in [2.24, 2.45) is 0 Å². The van der Waals surface area contributed by atoms with Crippen LogP contribution in [0.1, 0.15) is 17.5 Å². The molecule has 0 fully saturated rings. The van der Waals surface area contributed by atoms with Crippen molar-refractivity contribution in [3.8, 4) is 0 Å². The van der Waals surface area contributed by atoms with Crippen molar-refractivity contribution < 1.29 is 4.79 Å². The Balaban J connectivity index is 0.00000208. The third-order valence-electron chi connectivity index (χ3n) is 4.12. The highest BCUT2D eigenvalue weighted by molar-refractivity contribution is 9.10. The van der Waals surface area contributed by atoms with Gasteiger partial charge in [-0.2, -0.15) is 0 Å². The van der Waals surface area contributed by atoms with Crippen LogP contribution in [-0.4, -0.2) is 19.0 Å². The van der Waals surface area contributed by atoms with E-state index in [1.54, 1.807) is 0 Å². The Bertz CT molecular complexity index is 751. The minimum atomic E-state index is -0.0233. The Hall–Kier alpha value is -1.72. The lowest BCUT2D eigenvalue weighted by Gasteiger charge is -2.31. The lowest BCUT2D eigenvalue weighted by molar-refractivity contribution is -0.115. The highest BCUT2D eigenvalue weighted by Crippen LogP contribution is 2.31. The van der Waals surface area contributed by atoms with Gasteiger partial charge in [-0.25, -0.2) is 0 Å². The van der Waals surface area contributed by atoms with Gasteiger partial charge in [0.1, 0.15) is 0 Å². The summed E-state index contributed by atoms with van der Waals surface area (Å²) in [4.78, 5) is 14.5. The summed E-state index contributed by atoms with van der Waals surface area (Å²) < 4.78 is 0.897. The minimum Gasteiger partial charge on any atom is -0.398 e. The number of nitrogen functional groups attached to an aromatic ring is 1. The van der Waals surface area contributed by atoms with Gasteiger partial charge >= 0.3 is 0 Å². The van der Waals surface area contributed by atoms with Crippen molar-refractivity contribution in [2.45, 2.75) is 19.8 Å². The zero-order valence-electron chi connectivity index (χ0n) is 13.5. The molecule has 6 heteroatoms. The molecule has 0 radical (unpaired) electrons. The highest BCUT2D eigenvalue weighted by atomic mass is 79.9. The van der Waals surface area contributed by atoms with E-state index in [1.165, 1.54) is 0 Å². The fourth-order valence-corrected chi connectivity index (χ4v) is 3.57. The predicted molar refractivity (Wildman–Crippen MR) is 106 cm³/mol. The van der Waals surface area contributed by atoms with Gasteiger partial charge in [0.2, 0.25) is 5.91 Å². The Morgan fingerprint density at radius 3 is 2.88 bits per heavy atom. The van der Waals surface area contributed by atoms with Crippen LogP contribution in [0.25, 0.3) is 0 Å². The zero-order valence-corrected chi connectivity index (χ0v) is 15.9. The third kappa shape index (κ3) is 4.02. The molecule has 1 heterocycles. The third-order valence-corrected chi connectivity index (χ3v) is 4.77. The van der Waals surface area contributed by atoms with Crippen molar-refractivity contribution in [3.63, 3.8) is 0 Å². The van der Waals surface area contributed by atoms with Crippen LogP contribution in [0, 0.1) is 6.92 Å². The minimum absolute atomic E-state index is 0. The molecule has 0 saturated carbocycles. The van der Waals surface area contributed by atoms with Crippen LogP contribution in [0.5, 0.6) is 0 Å². The second-order valence-electron chi connectivity index (χ2n) is 5.90. The van der Waals surface area contributed by atoms with Gasteiger partial charge in [0, 0.05) is 22.4 Å². The first-order valence-corrected chi connectivity index (χ1v) is 8.52. The largest absolute Gasteiger partial charge is 0.398 e. The number of rotatable bonds is 3. The van der Waals surface area contributed by atoms with E-state index >= 15 is 0 Å². The standard InChI is InChI=1S/C18H20BrN3O.ClH/c1-12-7-8-16(14(19)10-12)21-18(23)11-22-9-3-4-13-15(20)5-2-6-17(13)22;/h2,5-8,10H,3-4,9,11,20H2,1H3,(H,21,23);1H. The van der Waals surface area contributed by atoms with E-state index in [0.717, 1.165) is 52.0 Å². The fourth-order valence-electron chi connectivity index (χ4n) is 2.98. The molecule has 0 spiro atoms. The molecule has 4 nitrogen and oxygen atoms in total. The van der Waals surface area contributed by atoms with Crippen LogP contribution in [0.2, 0.25) is 0 Å². The monoisotopic (exact) mass is 409 g/mol. The van der Waals surface area contributed by atoms with Gasteiger partial charge in [0.25, 0.3) is 0 Å². The van der Waals surface area contributed by atoms with E-state index in [1.807, 2.05) is 43.3 Å². The first kappa shape index (κ1) is 18.6. The molecule has 0 aliphatic carbocycles. The normalized spacial score (nSPS) is 13.0. The van der Waals surface area contributed by atoms with Gasteiger partial charge in [-0.15, -0.1) is 12.4 Å². The van der Waals surface area contributed by atoms with E-state index in [4.69, 9.17) is 5.73 Å². The van der Waals surface area contributed by atoms with Gasteiger partial charge in [-0.3, -0.25) is 4.79 Å². The topological polar surface area (TPSA) is 58.4 Å². The number of hydrogen-bond acceptors (Lipinski definition) is 3. The van der Waals surface area contributed by atoms with Crippen LogP contribution < -0.4 is 16.0 Å². The molecule has 0 saturated heterocycles. The molecule has 1 amide bonds. The van der Waals surface area contributed by atoms with E-state index in [2.05, 4.69) is 26.1 Å². The van der Waals surface area contributed by atoms with Gasteiger partial charge in [0.05, 0.1) is 12.2 Å². The maximum absolute atomic E-state index is 12.4. The summed E-state index contributed by atoms with van der Waals surface area (Å²) in [5.74, 6) is -0.0233. The Morgan fingerprint density at radius 1 is 1.33 bits per heavy atom. The second-order valence-corrected chi connectivity index (χ2v) is 6.76. The number of anilines is 3. The van der Waals surface area contributed by atoms with Crippen LogP contribution in [0.3, 0.4) is 0 Å². The number of amides is 1. The van der Waals surface area contributed by atoms with E-state index in [-0.39, 0.29) is 18.3 Å². The summed E-state index contributed by atoms with van der Waals surface area (Å²) in [7, 11) is 0. The van der Waals surface area contributed by atoms with E-state index < -0.39 is 0 Å². The molecule has 3 N–H and O–H groups in total. The van der Waals surface area contributed by atoms with Crippen LogP contribution >= 0.6 is 28.3 Å². The summed E-state index contributed by atoms with van der Waals surface area (Å²) in [6.45, 7) is 3.22. The number of carbonyl (C=O) groups is 1. The summed E-state index contributed by atoms with van der Waals surface area (Å²) in [6.07, 6.45) is 1.99. The molecule has 128 valence electrons. The number of benzene rings is 2. The van der Waals surface area contributed by atoms with Crippen molar-refractivity contribution in [3.05, 3.63) is 52.0 Å². The molecule has 1 aliphatic heterocycles. The average molecular weight is 411 g/mol. The Morgan fingerprint density at radius 2 is 2.12 bits per heavy atom. The number of nitrogens with two attached hydrogens (primary N) is 1. The zero-order chi connectivity index (χ0) is 16.4. The van der Waals surface area contributed by atoms with Crippen molar-refractivity contribution >= 4 is 51.3 Å². The number of carbonyl (C=O) groups excluding carboxylic acids is 1. The highest BCUT2D eigenvalue weighted by Gasteiger charge is 2.20. The van der Waals surface area contributed by atoms with Crippen molar-refractivity contribution in [1.29, 1.82) is 0 Å². The lowest BCUT2D eigenvalue weighted by Crippen LogP contribution is -2.37. The molecule has 0 atom stereocenters. The fraction of sp³-hybridized carbons (Fsp3) is 0.278. The smallest absolute Gasteiger partial charge is 0.243 e. The number of hydrogen-bond donors (Lipinski definition) is 2. The first-order valence-electron chi connectivity index (χ1n) is 7.73. The van der Waals surface area contributed by atoms with E-state index in [9.17, 15) is 4.79 Å². The van der Waals surface area contributed by atoms with Crippen molar-refractivity contribution in [2.75, 3.05) is 29.0 Å². The van der Waals surface area contributed by atoms with E-state index in [0.29, 0.717) is 6.54 Å². The Labute approximate surface area is 157 Å². The number of halogens is 2. The van der Waals surface area contributed by atoms with Crippen LogP contribution in [0.4, 0.5) is 17.1 Å². The number of fused-ring (bicyclic) bond motifs is 1. The Kier molecular flexibility index (Phi) is 6.13. The SMILES string of the molecule is Cc1ccc(NC(=O)CN2CCCc3c(N)cccc32)c(Br)c1.Cl. The van der Waals surface area contributed by atoms with Gasteiger partial charge < -0.3 is 16.0 Å². The number of nitrogens with zero attached hydrogens (tertiary/aromatic N) is 1. The maximum atomic E-state index is 12.4. The molecular formula is C18H21BrClN3O. The molecule has 1 aliphatic rings. The summed E-state index contributed by atoms with van der Waals surface area (Å²) in [5.41, 5.74) is 11.1. The summed E-state index contributed by atoms with van der Waals surface area (Å²) >= 11 is 3.49. The molecule has 24 heavy (non-hydrogen) atoms. The van der Waals surface area contributed by atoms with Crippen LogP contribution in [0.15, 0.2) is 40.9 Å². The summed E-state index contributed by atoms with van der Waals surface area (Å²) in [6, 6.07) is 11.8. The molecule has 0 bridgehead atoms.